The molecule has 14 heavy (non-hydrogen) atoms. The molecule has 0 aromatic carbocycles. The van der Waals surface area contributed by atoms with Gasteiger partial charge in [-0.05, 0) is 20.9 Å². The molecule has 0 bridgehead atoms. The van der Waals surface area contributed by atoms with Crippen molar-refractivity contribution in [3.63, 3.8) is 0 Å². The van der Waals surface area contributed by atoms with E-state index in [0.29, 0.717) is 6.54 Å². The molecule has 0 saturated heterocycles. The summed E-state index contributed by atoms with van der Waals surface area (Å²) < 4.78 is 0. The molecule has 0 aromatic rings. The predicted molar refractivity (Wildman–Crippen MR) is 55.5 cm³/mol. The zero-order chi connectivity index (χ0) is 11.1. The van der Waals surface area contributed by atoms with Gasteiger partial charge in [-0.2, -0.15) is 5.26 Å². The number of hydrogen-bond acceptors (Lipinski definition) is 3. The molecule has 1 N–H and O–H groups in total. The minimum atomic E-state index is -0.301. The molecule has 0 radical (unpaired) electrons. The summed E-state index contributed by atoms with van der Waals surface area (Å²) in [6.07, 6.45) is 1.62. The number of hydrogen-bond donors (Lipinski definition) is 1. The van der Waals surface area contributed by atoms with Crippen LogP contribution in [0.1, 0.15) is 13.8 Å². The highest BCUT2D eigenvalue weighted by Gasteiger charge is 2.21. The normalized spacial score (nSPS) is 14.2. The van der Waals surface area contributed by atoms with Crippen LogP contribution >= 0.6 is 0 Å². The first-order valence-corrected chi connectivity index (χ1v) is 4.54. The summed E-state index contributed by atoms with van der Waals surface area (Å²) in [6.45, 7) is 7.50. The summed E-state index contributed by atoms with van der Waals surface area (Å²) in [4.78, 5) is 13.2. The highest BCUT2D eigenvalue weighted by atomic mass is 16.2. The third kappa shape index (κ3) is 3.58. The molecule has 2 unspecified atom stereocenters. The van der Waals surface area contributed by atoms with Gasteiger partial charge in [0.25, 0.3) is 0 Å². The number of nitriles is 1. The molecule has 4 heteroatoms. The van der Waals surface area contributed by atoms with Crippen LogP contribution in [0.3, 0.4) is 0 Å². The molecule has 0 saturated carbocycles. The second-order valence-corrected chi connectivity index (χ2v) is 3.18. The molecule has 0 aliphatic rings. The van der Waals surface area contributed by atoms with Crippen molar-refractivity contribution in [2.24, 2.45) is 0 Å². The van der Waals surface area contributed by atoms with Crippen LogP contribution in [0.25, 0.3) is 0 Å². The van der Waals surface area contributed by atoms with Gasteiger partial charge in [0.05, 0.1) is 18.2 Å². The molecule has 1 amide bonds. The molecule has 0 aliphatic heterocycles. The monoisotopic (exact) mass is 195 g/mol. The molecule has 78 valence electrons. The van der Waals surface area contributed by atoms with Gasteiger partial charge in [-0.1, -0.05) is 6.08 Å². The largest absolute Gasteiger partial charge is 0.351 e. The first-order chi connectivity index (χ1) is 6.54. The van der Waals surface area contributed by atoms with Crippen molar-refractivity contribution in [1.82, 2.24) is 10.2 Å². The van der Waals surface area contributed by atoms with Gasteiger partial charge in [0, 0.05) is 6.54 Å². The number of carbonyl (C=O) groups is 1. The smallest absolute Gasteiger partial charge is 0.237 e. The van der Waals surface area contributed by atoms with Crippen molar-refractivity contribution in [3.8, 4) is 6.07 Å². The van der Waals surface area contributed by atoms with Crippen LogP contribution in [0.4, 0.5) is 0 Å². The number of nitrogens with zero attached hydrogens (tertiary/aromatic N) is 2. The second kappa shape index (κ2) is 6.17. The fourth-order valence-corrected chi connectivity index (χ4v) is 0.932. The minimum absolute atomic E-state index is 0.0884. The Labute approximate surface area is 85.2 Å². The lowest BCUT2D eigenvalue weighted by atomic mass is 10.2. The highest BCUT2D eigenvalue weighted by Crippen LogP contribution is 2.01. The molecule has 0 heterocycles. The molecule has 0 fully saturated rings. The standard InChI is InChI=1S/C10H17N3O/c1-5-6-12-10(14)9(3)13(4)8(2)7-11/h5,8-9H,1,6H2,2-4H3,(H,12,14). The van der Waals surface area contributed by atoms with Gasteiger partial charge < -0.3 is 5.32 Å². The Bertz CT molecular complexity index is 244. The van der Waals surface area contributed by atoms with E-state index in [1.165, 1.54) is 0 Å². The first-order valence-electron chi connectivity index (χ1n) is 4.54. The minimum Gasteiger partial charge on any atom is -0.351 e. The summed E-state index contributed by atoms with van der Waals surface area (Å²) in [7, 11) is 1.76. The summed E-state index contributed by atoms with van der Waals surface area (Å²) in [6, 6.07) is 1.52. The first kappa shape index (κ1) is 12.7. The topological polar surface area (TPSA) is 56.1 Å². The van der Waals surface area contributed by atoms with Crippen LogP contribution in [0.15, 0.2) is 12.7 Å². The van der Waals surface area contributed by atoms with Crippen molar-refractivity contribution in [2.75, 3.05) is 13.6 Å². The van der Waals surface area contributed by atoms with Crippen LogP contribution in [-0.4, -0.2) is 36.5 Å². The van der Waals surface area contributed by atoms with Crippen molar-refractivity contribution in [2.45, 2.75) is 25.9 Å². The van der Waals surface area contributed by atoms with Gasteiger partial charge >= 0.3 is 0 Å². The Morgan fingerprint density at radius 2 is 2.29 bits per heavy atom. The fourth-order valence-electron chi connectivity index (χ4n) is 0.932. The van der Waals surface area contributed by atoms with Gasteiger partial charge in [0.1, 0.15) is 0 Å². The van der Waals surface area contributed by atoms with E-state index in [4.69, 9.17) is 5.26 Å². The number of carbonyl (C=O) groups excluding carboxylic acids is 1. The van der Waals surface area contributed by atoms with Gasteiger partial charge in [0.15, 0.2) is 0 Å². The summed E-state index contributed by atoms with van der Waals surface area (Å²) >= 11 is 0. The van der Waals surface area contributed by atoms with E-state index in [0.717, 1.165) is 0 Å². The zero-order valence-electron chi connectivity index (χ0n) is 8.95. The van der Waals surface area contributed by atoms with Crippen LogP contribution in [0, 0.1) is 11.3 Å². The van der Waals surface area contributed by atoms with E-state index in [1.807, 2.05) is 0 Å². The van der Waals surface area contributed by atoms with Crippen LogP contribution in [-0.2, 0) is 4.79 Å². The average molecular weight is 195 g/mol. The van der Waals surface area contributed by atoms with Gasteiger partial charge in [0.2, 0.25) is 5.91 Å². The lowest BCUT2D eigenvalue weighted by Gasteiger charge is -2.25. The third-order valence-corrected chi connectivity index (χ3v) is 2.21. The molecule has 0 rings (SSSR count). The zero-order valence-corrected chi connectivity index (χ0v) is 8.95. The lowest BCUT2D eigenvalue weighted by molar-refractivity contribution is -0.125. The molecule has 0 aliphatic carbocycles. The van der Waals surface area contributed by atoms with Gasteiger partial charge in [-0.3, -0.25) is 9.69 Å². The van der Waals surface area contributed by atoms with Crippen molar-refractivity contribution < 1.29 is 4.79 Å². The van der Waals surface area contributed by atoms with Crippen LogP contribution in [0.2, 0.25) is 0 Å². The Kier molecular flexibility index (Phi) is 5.58. The number of likely N-dealkylation sites (N-methyl/N-ethyl adjacent to an activating group) is 1. The Balaban J connectivity index is 4.17. The van der Waals surface area contributed by atoms with E-state index in [-0.39, 0.29) is 18.0 Å². The van der Waals surface area contributed by atoms with Gasteiger partial charge in [-0.15, -0.1) is 6.58 Å². The second-order valence-electron chi connectivity index (χ2n) is 3.18. The Morgan fingerprint density at radius 1 is 1.71 bits per heavy atom. The maximum absolute atomic E-state index is 11.5. The number of amides is 1. The SMILES string of the molecule is C=CCNC(=O)C(C)N(C)C(C)C#N. The fraction of sp³-hybridized carbons (Fsp3) is 0.600. The van der Waals surface area contributed by atoms with E-state index >= 15 is 0 Å². The van der Waals surface area contributed by atoms with E-state index < -0.39 is 0 Å². The Hall–Kier alpha value is -1.34. The van der Waals surface area contributed by atoms with Crippen molar-refractivity contribution in [3.05, 3.63) is 12.7 Å². The third-order valence-electron chi connectivity index (χ3n) is 2.21. The maximum Gasteiger partial charge on any atom is 0.237 e. The molecule has 0 spiro atoms. The molecule has 4 nitrogen and oxygen atoms in total. The van der Waals surface area contributed by atoms with Crippen molar-refractivity contribution >= 4 is 5.91 Å². The number of nitrogens with one attached hydrogen (secondary N) is 1. The summed E-state index contributed by atoms with van der Waals surface area (Å²) in [5.74, 6) is -0.0884. The quantitative estimate of drug-likeness (QED) is 0.651. The summed E-state index contributed by atoms with van der Waals surface area (Å²) in [5, 5.41) is 11.4. The predicted octanol–water partition coefficient (Wildman–Crippen LogP) is 0.521. The van der Waals surface area contributed by atoms with E-state index in [1.54, 1.807) is 31.9 Å². The molecule has 2 atom stereocenters. The molecular weight excluding hydrogens is 178 g/mol. The van der Waals surface area contributed by atoms with Crippen LogP contribution in [0.5, 0.6) is 0 Å². The number of rotatable bonds is 5. The highest BCUT2D eigenvalue weighted by molar-refractivity contribution is 5.81. The lowest BCUT2D eigenvalue weighted by Crippen LogP contribution is -2.46. The molecule has 0 aromatic heterocycles. The summed E-state index contributed by atoms with van der Waals surface area (Å²) in [5.41, 5.74) is 0. The van der Waals surface area contributed by atoms with Gasteiger partial charge in [-0.25, -0.2) is 0 Å². The van der Waals surface area contributed by atoms with Crippen molar-refractivity contribution in [1.29, 1.82) is 5.26 Å². The maximum atomic E-state index is 11.5. The molecular formula is C10H17N3O. The van der Waals surface area contributed by atoms with E-state index in [9.17, 15) is 4.79 Å². The average Bonchev–Trinajstić information content (AvgIpc) is 2.22. The Morgan fingerprint density at radius 3 is 2.71 bits per heavy atom. The van der Waals surface area contributed by atoms with E-state index in [2.05, 4.69) is 18.0 Å². The van der Waals surface area contributed by atoms with Crippen LogP contribution < -0.4 is 5.32 Å².